The summed E-state index contributed by atoms with van der Waals surface area (Å²) in [5.41, 5.74) is 7.36. The first kappa shape index (κ1) is 23.1. The van der Waals surface area contributed by atoms with Crippen LogP contribution >= 0.6 is 0 Å². The molecule has 0 saturated heterocycles. The van der Waals surface area contributed by atoms with Gasteiger partial charge in [0.1, 0.15) is 11.4 Å². The molecule has 4 rings (SSSR count). The first-order valence-corrected chi connectivity index (χ1v) is 11.4. The summed E-state index contributed by atoms with van der Waals surface area (Å²) in [6, 6.07) is 19.4. The molecular weight excluding hydrogens is 428 g/mol. The summed E-state index contributed by atoms with van der Waals surface area (Å²) in [4.78, 5) is 32.3. The number of benzene rings is 2. The van der Waals surface area contributed by atoms with Gasteiger partial charge in [-0.2, -0.15) is 0 Å². The predicted octanol–water partition coefficient (Wildman–Crippen LogP) is 6.31. The van der Waals surface area contributed by atoms with E-state index in [9.17, 15) is 9.59 Å². The Balaban J connectivity index is 1.96. The molecule has 0 bridgehead atoms. The van der Waals surface area contributed by atoms with Crippen LogP contribution < -0.4 is 0 Å². The van der Waals surface area contributed by atoms with E-state index in [1.165, 1.54) is 0 Å². The molecule has 6 heteroatoms. The number of aromatic amines is 2. The van der Waals surface area contributed by atoms with Crippen molar-refractivity contribution < 1.29 is 19.1 Å². The van der Waals surface area contributed by atoms with Crippen molar-refractivity contribution in [2.24, 2.45) is 0 Å². The predicted molar refractivity (Wildman–Crippen MR) is 133 cm³/mol. The van der Waals surface area contributed by atoms with E-state index in [-0.39, 0.29) is 13.2 Å². The van der Waals surface area contributed by atoms with Gasteiger partial charge in [0.05, 0.1) is 24.6 Å². The number of H-pyrrole nitrogens is 2. The first-order valence-electron chi connectivity index (χ1n) is 11.4. The molecule has 0 aliphatic rings. The van der Waals surface area contributed by atoms with Gasteiger partial charge in [-0.15, -0.1) is 0 Å². The third kappa shape index (κ3) is 4.15. The van der Waals surface area contributed by atoms with Gasteiger partial charge in [0, 0.05) is 11.1 Å². The standard InChI is InChI=1S/C28H28N2O4/c1-5-33-27(31)25-21(19-13-9-7-10-14-19)17(3)23(29-25)24-18(4)22(20-15-11-8-12-16-20)26(30-24)28(32)34-6-2/h7-16,29-30H,5-6H2,1-4H3. The molecule has 6 nitrogen and oxygen atoms in total. The van der Waals surface area contributed by atoms with Crippen LogP contribution in [0.1, 0.15) is 46.0 Å². The van der Waals surface area contributed by atoms with Crippen LogP contribution in [0.2, 0.25) is 0 Å². The molecule has 2 N–H and O–H groups in total. The van der Waals surface area contributed by atoms with Crippen LogP contribution in [0.3, 0.4) is 0 Å². The second-order valence-electron chi connectivity index (χ2n) is 7.92. The molecule has 0 radical (unpaired) electrons. The van der Waals surface area contributed by atoms with Gasteiger partial charge in [-0.05, 0) is 49.9 Å². The number of aromatic nitrogens is 2. The van der Waals surface area contributed by atoms with Crippen LogP contribution in [0, 0.1) is 13.8 Å². The lowest BCUT2D eigenvalue weighted by Gasteiger charge is -2.06. The fourth-order valence-corrected chi connectivity index (χ4v) is 4.33. The second-order valence-corrected chi connectivity index (χ2v) is 7.92. The zero-order valence-electron chi connectivity index (χ0n) is 19.8. The van der Waals surface area contributed by atoms with Gasteiger partial charge in [-0.1, -0.05) is 60.7 Å². The average molecular weight is 457 g/mol. The molecule has 2 heterocycles. The van der Waals surface area contributed by atoms with Crippen molar-refractivity contribution >= 4 is 11.9 Å². The monoisotopic (exact) mass is 456 g/mol. The lowest BCUT2D eigenvalue weighted by molar-refractivity contribution is 0.0511. The molecule has 0 aliphatic heterocycles. The second kappa shape index (κ2) is 9.83. The minimum Gasteiger partial charge on any atom is -0.461 e. The van der Waals surface area contributed by atoms with E-state index >= 15 is 0 Å². The third-order valence-electron chi connectivity index (χ3n) is 5.83. The number of ether oxygens (including phenoxy) is 2. The SMILES string of the molecule is CCOC(=O)c1[nH]c(-c2[nH]c(C(=O)OCC)c(-c3ccccc3)c2C)c(C)c1-c1ccccc1. The summed E-state index contributed by atoms with van der Waals surface area (Å²) >= 11 is 0. The summed E-state index contributed by atoms with van der Waals surface area (Å²) in [7, 11) is 0. The first-order chi connectivity index (χ1) is 16.5. The zero-order chi connectivity index (χ0) is 24.2. The van der Waals surface area contributed by atoms with Crippen molar-refractivity contribution in [3.63, 3.8) is 0 Å². The molecule has 2 aromatic carbocycles. The maximum atomic E-state index is 12.9. The van der Waals surface area contributed by atoms with Crippen molar-refractivity contribution in [1.82, 2.24) is 9.97 Å². The molecule has 4 aromatic rings. The van der Waals surface area contributed by atoms with Crippen molar-refractivity contribution in [3.8, 4) is 33.6 Å². The number of hydrogen-bond donors (Lipinski definition) is 2. The number of esters is 2. The zero-order valence-corrected chi connectivity index (χ0v) is 19.8. The maximum absolute atomic E-state index is 12.9. The van der Waals surface area contributed by atoms with E-state index in [0.717, 1.165) is 44.8 Å². The van der Waals surface area contributed by atoms with E-state index in [0.29, 0.717) is 11.4 Å². The van der Waals surface area contributed by atoms with Crippen molar-refractivity contribution in [3.05, 3.63) is 83.2 Å². The minimum absolute atomic E-state index is 0.271. The van der Waals surface area contributed by atoms with Crippen LogP contribution in [0.5, 0.6) is 0 Å². The molecule has 0 aliphatic carbocycles. The number of hydrogen-bond acceptors (Lipinski definition) is 4. The summed E-state index contributed by atoms with van der Waals surface area (Å²) < 4.78 is 10.7. The molecule has 34 heavy (non-hydrogen) atoms. The molecule has 0 fully saturated rings. The van der Waals surface area contributed by atoms with Crippen molar-refractivity contribution in [2.75, 3.05) is 13.2 Å². The van der Waals surface area contributed by atoms with Crippen LogP contribution in [0.25, 0.3) is 33.6 Å². The highest BCUT2D eigenvalue weighted by Gasteiger charge is 2.28. The maximum Gasteiger partial charge on any atom is 0.355 e. The lowest BCUT2D eigenvalue weighted by Crippen LogP contribution is -2.07. The van der Waals surface area contributed by atoms with Crippen LogP contribution in [-0.2, 0) is 9.47 Å². The highest BCUT2D eigenvalue weighted by atomic mass is 16.5. The molecule has 0 atom stereocenters. The fourth-order valence-electron chi connectivity index (χ4n) is 4.33. The normalized spacial score (nSPS) is 10.8. The Labute approximate surface area is 198 Å². The third-order valence-corrected chi connectivity index (χ3v) is 5.83. The summed E-state index contributed by atoms with van der Waals surface area (Å²) in [6.45, 7) is 8.03. The largest absolute Gasteiger partial charge is 0.461 e. The number of rotatable bonds is 7. The van der Waals surface area contributed by atoms with E-state index in [4.69, 9.17) is 9.47 Å². The molecule has 0 saturated carbocycles. The van der Waals surface area contributed by atoms with Gasteiger partial charge in [0.15, 0.2) is 0 Å². The Hall–Kier alpha value is -4.06. The van der Waals surface area contributed by atoms with E-state index in [1.54, 1.807) is 13.8 Å². The Morgan fingerprint density at radius 3 is 1.32 bits per heavy atom. The summed E-state index contributed by atoms with van der Waals surface area (Å²) in [5.74, 6) is -0.845. The molecule has 0 amide bonds. The van der Waals surface area contributed by atoms with Crippen molar-refractivity contribution in [1.29, 1.82) is 0 Å². The highest BCUT2D eigenvalue weighted by molar-refractivity contribution is 6.02. The number of carbonyl (C=O) groups is 2. The fraction of sp³-hybridized carbons (Fsp3) is 0.214. The summed E-state index contributed by atoms with van der Waals surface area (Å²) in [6.07, 6.45) is 0. The van der Waals surface area contributed by atoms with E-state index in [1.807, 2.05) is 74.5 Å². The van der Waals surface area contributed by atoms with Gasteiger partial charge in [0.2, 0.25) is 0 Å². The van der Waals surface area contributed by atoms with Gasteiger partial charge < -0.3 is 19.4 Å². The minimum atomic E-state index is -0.422. The van der Waals surface area contributed by atoms with Crippen LogP contribution in [0.4, 0.5) is 0 Å². The van der Waals surface area contributed by atoms with Gasteiger partial charge in [0.25, 0.3) is 0 Å². The van der Waals surface area contributed by atoms with E-state index < -0.39 is 11.9 Å². The van der Waals surface area contributed by atoms with Crippen molar-refractivity contribution in [2.45, 2.75) is 27.7 Å². The Morgan fingerprint density at radius 2 is 1.00 bits per heavy atom. The van der Waals surface area contributed by atoms with Gasteiger partial charge in [-0.3, -0.25) is 0 Å². The lowest BCUT2D eigenvalue weighted by atomic mass is 9.97. The van der Waals surface area contributed by atoms with Gasteiger partial charge >= 0.3 is 11.9 Å². The van der Waals surface area contributed by atoms with Crippen LogP contribution in [-0.4, -0.2) is 35.1 Å². The number of carbonyl (C=O) groups excluding carboxylic acids is 2. The Bertz CT molecular complexity index is 1210. The van der Waals surface area contributed by atoms with Gasteiger partial charge in [-0.25, -0.2) is 9.59 Å². The molecule has 0 unspecified atom stereocenters. The summed E-state index contributed by atoms with van der Waals surface area (Å²) in [5, 5.41) is 0. The molecule has 174 valence electrons. The number of nitrogens with one attached hydrogen (secondary N) is 2. The quantitative estimate of drug-likeness (QED) is 0.319. The highest BCUT2D eigenvalue weighted by Crippen LogP contribution is 2.40. The Morgan fingerprint density at radius 1 is 0.647 bits per heavy atom. The smallest absolute Gasteiger partial charge is 0.355 e. The molecular formula is C28H28N2O4. The topological polar surface area (TPSA) is 84.2 Å². The molecule has 0 spiro atoms. The molecule has 2 aromatic heterocycles. The van der Waals surface area contributed by atoms with E-state index in [2.05, 4.69) is 9.97 Å². The average Bonchev–Trinajstić information content (AvgIpc) is 3.37. The Kier molecular flexibility index (Phi) is 6.68. The van der Waals surface area contributed by atoms with Crippen LogP contribution in [0.15, 0.2) is 60.7 Å².